The number of amides is 1. The molecule has 3 aromatic rings. The third-order valence-corrected chi connectivity index (χ3v) is 5.98. The number of carbonyl (C=O) groups excluding carboxylic acids is 1. The Labute approximate surface area is 184 Å². The van der Waals surface area contributed by atoms with Gasteiger partial charge in [0.25, 0.3) is 5.91 Å². The Morgan fingerprint density at radius 2 is 2.00 bits per heavy atom. The van der Waals surface area contributed by atoms with Crippen molar-refractivity contribution in [2.24, 2.45) is 0 Å². The normalized spacial score (nSPS) is 15.4. The van der Waals surface area contributed by atoms with E-state index >= 15 is 0 Å². The topological polar surface area (TPSA) is 74.7 Å². The first kappa shape index (κ1) is 21.8. The molecule has 1 aromatic heterocycles. The van der Waals surface area contributed by atoms with Crippen molar-refractivity contribution in [2.75, 3.05) is 31.6 Å². The first-order chi connectivity index (χ1) is 14.7. The largest absolute Gasteiger partial charge is 0.507 e. The molecule has 4 rings (SSSR count). The number of anilines is 1. The van der Waals surface area contributed by atoms with Crippen LogP contribution in [0.3, 0.4) is 0 Å². The highest BCUT2D eigenvalue weighted by Crippen LogP contribution is 2.35. The van der Waals surface area contributed by atoms with Gasteiger partial charge in [-0.1, -0.05) is 22.9 Å². The van der Waals surface area contributed by atoms with Crippen LogP contribution in [0.2, 0.25) is 5.02 Å². The minimum Gasteiger partial charge on any atom is -0.507 e. The molecule has 31 heavy (non-hydrogen) atoms. The molecular formula is C20H17ClF3N3O3S. The van der Waals surface area contributed by atoms with E-state index in [1.54, 1.807) is 6.07 Å². The number of hydrogen-bond acceptors (Lipinski definition) is 6. The van der Waals surface area contributed by atoms with Crippen molar-refractivity contribution in [1.29, 1.82) is 0 Å². The smallest absolute Gasteiger partial charge is 0.416 e. The van der Waals surface area contributed by atoms with Crippen LogP contribution in [0.5, 0.6) is 5.75 Å². The second kappa shape index (κ2) is 8.62. The number of morpholine rings is 1. The lowest BCUT2D eigenvalue weighted by molar-refractivity contribution is -0.137. The van der Waals surface area contributed by atoms with Crippen LogP contribution in [0.25, 0.3) is 10.2 Å². The van der Waals surface area contributed by atoms with Gasteiger partial charge in [-0.05, 0) is 30.3 Å². The molecule has 1 fully saturated rings. The zero-order valence-corrected chi connectivity index (χ0v) is 17.6. The second-order valence-corrected chi connectivity index (χ2v) is 8.47. The Bertz CT molecular complexity index is 1130. The Balaban J connectivity index is 1.56. The fraction of sp³-hybridized carbons (Fsp3) is 0.300. The van der Waals surface area contributed by atoms with Crippen LogP contribution in [0.4, 0.5) is 18.3 Å². The number of phenols is 1. The van der Waals surface area contributed by atoms with Crippen molar-refractivity contribution in [3.05, 3.63) is 52.0 Å². The van der Waals surface area contributed by atoms with Crippen molar-refractivity contribution in [1.82, 2.24) is 9.88 Å². The Morgan fingerprint density at radius 1 is 1.26 bits per heavy atom. The average molecular weight is 472 g/mol. The van der Waals surface area contributed by atoms with E-state index in [0.717, 1.165) is 23.5 Å². The highest BCUT2D eigenvalue weighted by atomic mass is 35.5. The highest BCUT2D eigenvalue weighted by Gasteiger charge is 2.31. The van der Waals surface area contributed by atoms with Crippen molar-refractivity contribution >= 4 is 44.2 Å². The predicted octanol–water partition coefficient (Wildman–Crippen LogP) is 4.76. The van der Waals surface area contributed by atoms with Gasteiger partial charge in [0, 0.05) is 30.2 Å². The number of fused-ring (bicyclic) bond motifs is 1. The van der Waals surface area contributed by atoms with Gasteiger partial charge in [-0.25, -0.2) is 4.98 Å². The number of nitrogens with one attached hydrogen (secondary N) is 1. The van der Waals surface area contributed by atoms with Gasteiger partial charge < -0.3 is 9.84 Å². The molecule has 1 aliphatic rings. The summed E-state index contributed by atoms with van der Waals surface area (Å²) in [5.74, 6) is -0.854. The SMILES string of the molecule is O=C(Nc1nc2ccc(C(F)(F)F)cc2s1)c1cc(Cl)cc(CN2CCOCC2)c1O. The minimum absolute atomic E-state index is 0.0361. The standard InChI is InChI=1S/C20H17ClF3N3O3S/c21-13-7-11(10-27-3-5-30-6-4-27)17(28)14(9-13)18(29)26-19-25-15-2-1-12(20(22,23)24)8-16(15)31-19/h1-2,7-9,28H,3-6,10H2,(H,25,26,29). The number of phenolic OH excluding ortho intramolecular Hbond substituents is 1. The van der Waals surface area contributed by atoms with Gasteiger partial charge in [0.2, 0.25) is 0 Å². The summed E-state index contributed by atoms with van der Waals surface area (Å²) in [5.41, 5.74) is 0.00283. The molecule has 1 aliphatic heterocycles. The van der Waals surface area contributed by atoms with Crippen molar-refractivity contribution in [3.63, 3.8) is 0 Å². The lowest BCUT2D eigenvalue weighted by Gasteiger charge is -2.27. The first-order valence-corrected chi connectivity index (χ1v) is 10.5. The Kier molecular flexibility index (Phi) is 6.07. The summed E-state index contributed by atoms with van der Waals surface area (Å²) in [4.78, 5) is 19.0. The molecule has 2 aromatic carbocycles. The van der Waals surface area contributed by atoms with E-state index in [0.29, 0.717) is 43.9 Å². The number of rotatable bonds is 4. The molecule has 11 heteroatoms. The molecule has 0 spiro atoms. The van der Waals surface area contributed by atoms with E-state index in [1.165, 1.54) is 12.1 Å². The number of ether oxygens (including phenoxy) is 1. The van der Waals surface area contributed by atoms with E-state index in [-0.39, 0.29) is 26.2 Å². The van der Waals surface area contributed by atoms with Crippen LogP contribution in [-0.2, 0) is 17.5 Å². The molecule has 1 amide bonds. The molecule has 0 bridgehead atoms. The van der Waals surface area contributed by atoms with E-state index in [2.05, 4.69) is 15.2 Å². The molecule has 6 nitrogen and oxygen atoms in total. The van der Waals surface area contributed by atoms with Gasteiger partial charge in [-0.2, -0.15) is 13.2 Å². The number of alkyl halides is 3. The molecule has 0 radical (unpaired) electrons. The monoisotopic (exact) mass is 471 g/mol. The molecule has 1 saturated heterocycles. The first-order valence-electron chi connectivity index (χ1n) is 9.31. The molecule has 0 saturated carbocycles. The molecule has 0 atom stereocenters. The van der Waals surface area contributed by atoms with Crippen LogP contribution in [0, 0.1) is 0 Å². The summed E-state index contributed by atoms with van der Waals surface area (Å²) in [6.45, 7) is 2.96. The Morgan fingerprint density at radius 3 is 2.71 bits per heavy atom. The number of halogens is 4. The molecular weight excluding hydrogens is 455 g/mol. The van der Waals surface area contributed by atoms with Crippen LogP contribution < -0.4 is 5.32 Å². The fourth-order valence-electron chi connectivity index (χ4n) is 3.27. The number of aromatic hydroxyl groups is 1. The van der Waals surface area contributed by atoms with Gasteiger partial charge >= 0.3 is 6.18 Å². The number of benzene rings is 2. The molecule has 164 valence electrons. The second-order valence-electron chi connectivity index (χ2n) is 7.00. The maximum atomic E-state index is 12.9. The molecule has 0 aliphatic carbocycles. The van der Waals surface area contributed by atoms with E-state index in [9.17, 15) is 23.1 Å². The highest BCUT2D eigenvalue weighted by molar-refractivity contribution is 7.22. The maximum absolute atomic E-state index is 12.9. The van der Waals surface area contributed by atoms with Crippen molar-refractivity contribution in [2.45, 2.75) is 12.7 Å². The summed E-state index contributed by atoms with van der Waals surface area (Å²) in [6, 6.07) is 6.11. The zero-order valence-electron chi connectivity index (χ0n) is 16.0. The summed E-state index contributed by atoms with van der Waals surface area (Å²) in [6.07, 6.45) is -4.47. The van der Waals surface area contributed by atoms with Gasteiger partial charge in [-0.15, -0.1) is 0 Å². The summed E-state index contributed by atoms with van der Waals surface area (Å²) < 4.78 is 44.3. The minimum atomic E-state index is -4.47. The maximum Gasteiger partial charge on any atom is 0.416 e. The van der Waals surface area contributed by atoms with Crippen LogP contribution in [-0.4, -0.2) is 47.2 Å². The number of carbonyl (C=O) groups is 1. The third kappa shape index (κ3) is 4.93. The van der Waals surface area contributed by atoms with E-state index in [1.807, 2.05) is 0 Å². The number of aromatic nitrogens is 1. The number of nitrogens with zero attached hydrogens (tertiary/aromatic N) is 2. The molecule has 0 unspecified atom stereocenters. The summed E-state index contributed by atoms with van der Waals surface area (Å²) in [7, 11) is 0. The van der Waals surface area contributed by atoms with Crippen molar-refractivity contribution in [3.8, 4) is 5.75 Å². The average Bonchev–Trinajstić information content (AvgIpc) is 3.12. The lowest BCUT2D eigenvalue weighted by atomic mass is 10.1. The van der Waals surface area contributed by atoms with Crippen LogP contribution in [0.15, 0.2) is 30.3 Å². The van der Waals surface area contributed by atoms with Gasteiger partial charge in [0.15, 0.2) is 5.13 Å². The van der Waals surface area contributed by atoms with Crippen LogP contribution in [0.1, 0.15) is 21.5 Å². The van der Waals surface area contributed by atoms with Gasteiger partial charge in [-0.3, -0.25) is 15.0 Å². The summed E-state index contributed by atoms with van der Waals surface area (Å²) in [5, 5.41) is 13.6. The van der Waals surface area contributed by atoms with E-state index < -0.39 is 17.6 Å². The quantitative estimate of drug-likeness (QED) is 0.574. The van der Waals surface area contributed by atoms with Gasteiger partial charge in [0.1, 0.15) is 5.75 Å². The summed E-state index contributed by atoms with van der Waals surface area (Å²) >= 11 is 7.07. The lowest BCUT2D eigenvalue weighted by Crippen LogP contribution is -2.35. The van der Waals surface area contributed by atoms with Gasteiger partial charge in [0.05, 0.1) is 34.6 Å². The number of thiazole rings is 1. The number of hydrogen-bond donors (Lipinski definition) is 2. The Hall–Kier alpha value is -2.40. The zero-order chi connectivity index (χ0) is 22.2. The molecule has 2 heterocycles. The fourth-order valence-corrected chi connectivity index (χ4v) is 4.41. The van der Waals surface area contributed by atoms with Crippen molar-refractivity contribution < 1.29 is 27.8 Å². The van der Waals surface area contributed by atoms with E-state index in [4.69, 9.17) is 16.3 Å². The molecule has 2 N–H and O–H groups in total. The third-order valence-electron chi connectivity index (χ3n) is 4.83. The van der Waals surface area contributed by atoms with Crippen LogP contribution >= 0.6 is 22.9 Å². The predicted molar refractivity (Wildman–Crippen MR) is 112 cm³/mol.